The highest BCUT2D eigenvalue weighted by Crippen LogP contribution is 2.13. The van der Waals surface area contributed by atoms with Gasteiger partial charge in [0, 0.05) is 38.6 Å². The normalized spacial score (nSPS) is 14.5. The largest absolute Gasteiger partial charge is 0.493 e. The van der Waals surface area contributed by atoms with Gasteiger partial charge in [0.2, 0.25) is 11.9 Å². The fraction of sp³-hybridized carbons (Fsp3) is 0.389. The average Bonchev–Trinajstić information content (AvgIpc) is 2.63. The molecular weight excluding hydrogens is 304 g/mol. The van der Waals surface area contributed by atoms with E-state index in [4.69, 9.17) is 4.74 Å². The minimum Gasteiger partial charge on any atom is -0.493 e. The molecule has 0 atom stereocenters. The second-order valence-corrected chi connectivity index (χ2v) is 5.83. The van der Waals surface area contributed by atoms with Crippen LogP contribution >= 0.6 is 0 Å². The first-order valence-corrected chi connectivity index (χ1v) is 8.21. The minimum atomic E-state index is 0.135. The summed E-state index contributed by atoms with van der Waals surface area (Å²) in [7, 11) is 0. The van der Waals surface area contributed by atoms with Crippen molar-refractivity contribution in [2.45, 2.75) is 13.3 Å². The molecule has 1 amide bonds. The van der Waals surface area contributed by atoms with Gasteiger partial charge in [-0.2, -0.15) is 0 Å². The number of hydrogen-bond acceptors (Lipinski definition) is 5. The van der Waals surface area contributed by atoms with Crippen molar-refractivity contribution < 1.29 is 9.53 Å². The number of aromatic nitrogens is 2. The molecule has 1 aromatic carbocycles. The van der Waals surface area contributed by atoms with Gasteiger partial charge in [0.15, 0.2) is 0 Å². The molecule has 6 nitrogen and oxygen atoms in total. The van der Waals surface area contributed by atoms with E-state index < -0.39 is 0 Å². The van der Waals surface area contributed by atoms with E-state index in [1.807, 2.05) is 36.1 Å². The van der Waals surface area contributed by atoms with Crippen LogP contribution in [0.3, 0.4) is 0 Å². The van der Waals surface area contributed by atoms with Crippen LogP contribution in [0.15, 0.2) is 42.7 Å². The number of rotatable bonds is 5. The molecule has 24 heavy (non-hydrogen) atoms. The summed E-state index contributed by atoms with van der Waals surface area (Å²) in [5, 5.41) is 0. The summed E-state index contributed by atoms with van der Waals surface area (Å²) in [4.78, 5) is 24.8. The Morgan fingerprint density at radius 3 is 2.58 bits per heavy atom. The van der Waals surface area contributed by atoms with E-state index in [1.54, 1.807) is 18.5 Å². The Morgan fingerprint density at radius 1 is 1.12 bits per heavy atom. The van der Waals surface area contributed by atoms with Crippen molar-refractivity contribution in [3.05, 3.63) is 48.3 Å². The van der Waals surface area contributed by atoms with Crippen LogP contribution in [0.5, 0.6) is 5.75 Å². The van der Waals surface area contributed by atoms with Gasteiger partial charge < -0.3 is 14.5 Å². The van der Waals surface area contributed by atoms with Gasteiger partial charge in [-0.05, 0) is 30.7 Å². The number of hydrogen-bond donors (Lipinski definition) is 0. The van der Waals surface area contributed by atoms with E-state index in [0.29, 0.717) is 26.1 Å². The quantitative estimate of drug-likeness (QED) is 0.840. The first kappa shape index (κ1) is 16.2. The van der Waals surface area contributed by atoms with Crippen LogP contribution in [0, 0.1) is 6.92 Å². The number of carbonyl (C=O) groups excluding carboxylic acids is 1. The molecule has 1 aliphatic heterocycles. The molecule has 1 saturated heterocycles. The molecule has 126 valence electrons. The summed E-state index contributed by atoms with van der Waals surface area (Å²) in [5.74, 6) is 1.68. The number of ether oxygens (including phenoxy) is 1. The van der Waals surface area contributed by atoms with Crippen LogP contribution in [0.4, 0.5) is 5.95 Å². The molecule has 0 aliphatic carbocycles. The lowest BCUT2D eigenvalue weighted by atomic mass is 10.2. The number of amides is 1. The highest BCUT2D eigenvalue weighted by molar-refractivity contribution is 5.76. The van der Waals surface area contributed by atoms with E-state index >= 15 is 0 Å². The highest BCUT2D eigenvalue weighted by Gasteiger charge is 2.22. The van der Waals surface area contributed by atoms with Crippen molar-refractivity contribution in [2.75, 3.05) is 37.7 Å². The number of carbonyl (C=O) groups is 1. The van der Waals surface area contributed by atoms with Gasteiger partial charge in [0.1, 0.15) is 5.75 Å². The lowest BCUT2D eigenvalue weighted by molar-refractivity contribution is -0.132. The lowest BCUT2D eigenvalue weighted by Gasteiger charge is -2.34. The third-order valence-corrected chi connectivity index (χ3v) is 4.04. The Kier molecular flexibility index (Phi) is 5.25. The SMILES string of the molecule is Cc1cccc(OCCC(=O)N2CCN(c3ncccn3)CC2)c1. The van der Waals surface area contributed by atoms with Crippen LogP contribution in [0.1, 0.15) is 12.0 Å². The van der Waals surface area contributed by atoms with E-state index in [0.717, 1.165) is 30.4 Å². The molecule has 0 bridgehead atoms. The molecule has 0 unspecified atom stereocenters. The Morgan fingerprint density at radius 2 is 1.88 bits per heavy atom. The van der Waals surface area contributed by atoms with Crippen molar-refractivity contribution in [3.8, 4) is 5.75 Å². The molecule has 0 spiro atoms. The van der Waals surface area contributed by atoms with Crippen molar-refractivity contribution >= 4 is 11.9 Å². The summed E-state index contributed by atoms with van der Waals surface area (Å²) < 4.78 is 5.66. The van der Waals surface area contributed by atoms with E-state index in [2.05, 4.69) is 14.9 Å². The molecule has 0 radical (unpaired) electrons. The standard InChI is InChI=1S/C18H22N4O2/c1-15-4-2-5-16(14-15)24-13-6-17(23)21-9-11-22(12-10-21)18-19-7-3-8-20-18/h2-5,7-8,14H,6,9-13H2,1H3. The highest BCUT2D eigenvalue weighted by atomic mass is 16.5. The zero-order chi connectivity index (χ0) is 16.8. The Hall–Kier alpha value is -2.63. The van der Waals surface area contributed by atoms with E-state index in [9.17, 15) is 4.79 Å². The van der Waals surface area contributed by atoms with Gasteiger partial charge in [0.05, 0.1) is 13.0 Å². The summed E-state index contributed by atoms with van der Waals surface area (Å²) in [6.45, 7) is 5.34. The van der Waals surface area contributed by atoms with Crippen LogP contribution in [-0.4, -0.2) is 53.6 Å². The van der Waals surface area contributed by atoms with E-state index in [-0.39, 0.29) is 5.91 Å². The van der Waals surface area contributed by atoms with Crippen LogP contribution < -0.4 is 9.64 Å². The Labute approximate surface area is 142 Å². The molecule has 3 rings (SSSR count). The molecular formula is C18H22N4O2. The van der Waals surface area contributed by atoms with Crippen molar-refractivity contribution in [1.29, 1.82) is 0 Å². The summed E-state index contributed by atoms with van der Waals surface area (Å²) in [5.41, 5.74) is 1.15. The molecule has 6 heteroatoms. The average molecular weight is 326 g/mol. The smallest absolute Gasteiger partial charge is 0.226 e. The molecule has 1 aliphatic rings. The number of nitrogens with zero attached hydrogens (tertiary/aromatic N) is 4. The number of piperazine rings is 1. The summed E-state index contributed by atoms with van der Waals surface area (Å²) >= 11 is 0. The minimum absolute atomic E-state index is 0.135. The number of benzene rings is 1. The molecule has 1 aromatic heterocycles. The van der Waals surface area contributed by atoms with Crippen molar-refractivity contribution in [3.63, 3.8) is 0 Å². The van der Waals surface area contributed by atoms with Gasteiger partial charge in [-0.3, -0.25) is 4.79 Å². The molecule has 0 saturated carbocycles. The Bertz CT molecular complexity index is 670. The Balaban J connectivity index is 1.42. The third-order valence-electron chi connectivity index (χ3n) is 4.04. The maximum Gasteiger partial charge on any atom is 0.226 e. The van der Waals surface area contributed by atoms with Gasteiger partial charge in [-0.25, -0.2) is 9.97 Å². The molecule has 1 fully saturated rings. The van der Waals surface area contributed by atoms with Gasteiger partial charge >= 0.3 is 0 Å². The van der Waals surface area contributed by atoms with Crippen LogP contribution in [-0.2, 0) is 4.79 Å². The first-order valence-electron chi connectivity index (χ1n) is 8.21. The second-order valence-electron chi connectivity index (χ2n) is 5.83. The number of aryl methyl sites for hydroxylation is 1. The van der Waals surface area contributed by atoms with Gasteiger partial charge in [0.25, 0.3) is 0 Å². The molecule has 0 N–H and O–H groups in total. The predicted molar refractivity (Wildman–Crippen MR) is 92.1 cm³/mol. The van der Waals surface area contributed by atoms with Crippen LogP contribution in [0.2, 0.25) is 0 Å². The fourth-order valence-corrected chi connectivity index (χ4v) is 2.73. The summed E-state index contributed by atoms with van der Waals surface area (Å²) in [6.07, 6.45) is 3.88. The third kappa shape index (κ3) is 4.22. The maximum absolute atomic E-state index is 12.3. The topological polar surface area (TPSA) is 58.6 Å². The lowest BCUT2D eigenvalue weighted by Crippen LogP contribution is -2.49. The molecule has 2 aromatic rings. The fourth-order valence-electron chi connectivity index (χ4n) is 2.73. The van der Waals surface area contributed by atoms with E-state index in [1.165, 1.54) is 0 Å². The number of anilines is 1. The predicted octanol–water partition coefficient (Wildman–Crippen LogP) is 1.90. The maximum atomic E-state index is 12.3. The van der Waals surface area contributed by atoms with Gasteiger partial charge in [-0.1, -0.05) is 12.1 Å². The summed E-state index contributed by atoms with van der Waals surface area (Å²) in [6, 6.07) is 9.67. The zero-order valence-electron chi connectivity index (χ0n) is 13.9. The van der Waals surface area contributed by atoms with Gasteiger partial charge in [-0.15, -0.1) is 0 Å². The molecule has 2 heterocycles. The second kappa shape index (κ2) is 7.77. The van der Waals surface area contributed by atoms with Crippen molar-refractivity contribution in [1.82, 2.24) is 14.9 Å². The first-order chi connectivity index (χ1) is 11.7. The van der Waals surface area contributed by atoms with Crippen LogP contribution in [0.25, 0.3) is 0 Å². The monoisotopic (exact) mass is 326 g/mol. The zero-order valence-corrected chi connectivity index (χ0v) is 13.9. The van der Waals surface area contributed by atoms with Crippen molar-refractivity contribution in [2.24, 2.45) is 0 Å².